The maximum atomic E-state index is 12.1. The van der Waals surface area contributed by atoms with Gasteiger partial charge in [0.15, 0.2) is 11.5 Å². The average molecular weight is 376 g/mol. The minimum absolute atomic E-state index is 0.00728. The summed E-state index contributed by atoms with van der Waals surface area (Å²) in [4.78, 5) is 16.5. The lowest BCUT2D eigenvalue weighted by Crippen LogP contribution is -2.58. The van der Waals surface area contributed by atoms with Crippen molar-refractivity contribution in [1.82, 2.24) is 20.8 Å². The first-order valence-electron chi connectivity index (χ1n) is 8.54. The van der Waals surface area contributed by atoms with Crippen molar-refractivity contribution in [3.8, 4) is 22.9 Å². The van der Waals surface area contributed by atoms with E-state index in [4.69, 9.17) is 14.0 Å². The molecule has 2 aliphatic heterocycles. The Hall–Kier alpha value is -2.26. The van der Waals surface area contributed by atoms with E-state index in [-0.39, 0.29) is 30.2 Å². The summed E-state index contributed by atoms with van der Waals surface area (Å²) in [6.07, 6.45) is 0.819. The summed E-state index contributed by atoms with van der Waals surface area (Å²) in [6, 6.07) is 5.66. The van der Waals surface area contributed by atoms with Gasteiger partial charge in [-0.2, -0.15) is 4.98 Å². The highest BCUT2D eigenvalue weighted by atomic mass is 32.2. The molecule has 0 bridgehead atoms. The summed E-state index contributed by atoms with van der Waals surface area (Å²) in [6.45, 7) is 4.28. The van der Waals surface area contributed by atoms with Crippen molar-refractivity contribution in [1.29, 1.82) is 0 Å². The Labute approximate surface area is 155 Å². The van der Waals surface area contributed by atoms with Gasteiger partial charge in [0.05, 0.1) is 11.7 Å². The normalized spacial score (nSPS) is 24.5. The van der Waals surface area contributed by atoms with Crippen LogP contribution in [0.4, 0.5) is 0 Å². The number of amides is 1. The largest absolute Gasteiger partial charge is 0.454 e. The van der Waals surface area contributed by atoms with Crippen molar-refractivity contribution < 1.29 is 18.8 Å². The molecule has 1 fully saturated rings. The highest BCUT2D eigenvalue weighted by Gasteiger charge is 2.32. The number of carbonyl (C=O) groups is 1. The van der Waals surface area contributed by atoms with Crippen LogP contribution in [0.3, 0.4) is 0 Å². The van der Waals surface area contributed by atoms with E-state index < -0.39 is 0 Å². The van der Waals surface area contributed by atoms with Crippen LogP contribution in [0.2, 0.25) is 0 Å². The van der Waals surface area contributed by atoms with Crippen molar-refractivity contribution in [3.63, 3.8) is 0 Å². The molecule has 2 N–H and O–H groups in total. The number of nitrogens with zero attached hydrogens (tertiary/aromatic N) is 2. The standard InChI is InChI=1S/C17H20N4O4S/c1-3-11-9(2)18-17(20-16(11)22)26-7-14-19-15(21-25-14)10-4-5-12-13(6-10)24-8-23-12/h4-6,9,11,17-18H,3,7-8H2,1-2H3,(H,20,22). The fourth-order valence-corrected chi connectivity index (χ4v) is 4.05. The van der Waals surface area contributed by atoms with Crippen LogP contribution in [-0.4, -0.2) is 34.4 Å². The third-order valence-electron chi connectivity index (χ3n) is 4.54. The molecule has 0 spiro atoms. The van der Waals surface area contributed by atoms with Crippen LogP contribution >= 0.6 is 11.8 Å². The first-order valence-corrected chi connectivity index (χ1v) is 9.59. The second-order valence-corrected chi connectivity index (χ2v) is 7.34. The molecular formula is C17H20N4O4S. The molecular weight excluding hydrogens is 356 g/mol. The van der Waals surface area contributed by atoms with Crippen LogP contribution in [0.25, 0.3) is 11.4 Å². The predicted molar refractivity (Wildman–Crippen MR) is 95.5 cm³/mol. The Bertz CT molecular complexity index is 812. The molecule has 9 heteroatoms. The molecule has 26 heavy (non-hydrogen) atoms. The number of rotatable bonds is 5. The van der Waals surface area contributed by atoms with E-state index in [9.17, 15) is 4.79 Å². The summed E-state index contributed by atoms with van der Waals surface area (Å²) in [7, 11) is 0. The fraction of sp³-hybridized carbons (Fsp3) is 0.471. The summed E-state index contributed by atoms with van der Waals surface area (Å²) in [5.74, 6) is 2.99. The molecule has 4 rings (SSSR count). The van der Waals surface area contributed by atoms with E-state index in [0.29, 0.717) is 29.0 Å². The van der Waals surface area contributed by atoms with Gasteiger partial charge in [-0.3, -0.25) is 10.1 Å². The van der Waals surface area contributed by atoms with Gasteiger partial charge in [0.1, 0.15) is 5.50 Å². The summed E-state index contributed by atoms with van der Waals surface area (Å²) < 4.78 is 16.0. The number of hydrogen-bond donors (Lipinski definition) is 2. The van der Waals surface area contributed by atoms with E-state index in [2.05, 4.69) is 20.8 Å². The highest BCUT2D eigenvalue weighted by Crippen LogP contribution is 2.35. The zero-order valence-electron chi connectivity index (χ0n) is 14.5. The molecule has 3 heterocycles. The number of fused-ring (bicyclic) bond motifs is 1. The number of nitrogens with one attached hydrogen (secondary N) is 2. The van der Waals surface area contributed by atoms with E-state index in [1.165, 1.54) is 11.8 Å². The molecule has 1 aromatic carbocycles. The van der Waals surface area contributed by atoms with Crippen molar-refractivity contribution in [2.45, 2.75) is 37.6 Å². The molecule has 8 nitrogen and oxygen atoms in total. The number of benzene rings is 1. The lowest BCUT2D eigenvalue weighted by molar-refractivity contribution is -0.128. The molecule has 1 aromatic heterocycles. The Kier molecular flexibility index (Phi) is 4.73. The van der Waals surface area contributed by atoms with E-state index in [1.807, 2.05) is 32.0 Å². The third kappa shape index (κ3) is 3.36. The smallest absolute Gasteiger partial charge is 0.237 e. The second-order valence-electron chi connectivity index (χ2n) is 6.25. The molecule has 0 saturated carbocycles. The molecule has 2 aromatic rings. The topological polar surface area (TPSA) is 98.5 Å². The predicted octanol–water partition coefficient (Wildman–Crippen LogP) is 2.12. The van der Waals surface area contributed by atoms with Crippen LogP contribution < -0.4 is 20.1 Å². The first-order chi connectivity index (χ1) is 12.6. The third-order valence-corrected chi connectivity index (χ3v) is 5.54. The molecule has 3 atom stereocenters. The Morgan fingerprint density at radius 1 is 1.31 bits per heavy atom. The zero-order valence-corrected chi connectivity index (χ0v) is 15.3. The van der Waals surface area contributed by atoms with Crippen molar-refractivity contribution in [2.75, 3.05) is 6.79 Å². The maximum Gasteiger partial charge on any atom is 0.237 e. The quantitative estimate of drug-likeness (QED) is 0.819. The summed E-state index contributed by atoms with van der Waals surface area (Å²) in [5, 5.41) is 10.4. The number of thioether (sulfide) groups is 1. The van der Waals surface area contributed by atoms with Crippen molar-refractivity contribution in [2.24, 2.45) is 5.92 Å². The van der Waals surface area contributed by atoms with Crippen LogP contribution in [0, 0.1) is 5.92 Å². The van der Waals surface area contributed by atoms with Crippen LogP contribution in [0.1, 0.15) is 26.2 Å². The molecule has 2 aliphatic rings. The SMILES string of the molecule is CCC1C(=O)NC(SCc2nc(-c3ccc4c(c3)OCO4)no2)NC1C. The van der Waals surface area contributed by atoms with Gasteiger partial charge in [-0.05, 0) is 31.5 Å². The van der Waals surface area contributed by atoms with Crippen molar-refractivity contribution >= 4 is 17.7 Å². The van der Waals surface area contributed by atoms with Crippen molar-refractivity contribution in [3.05, 3.63) is 24.1 Å². The average Bonchev–Trinajstić information content (AvgIpc) is 3.28. The Morgan fingerprint density at radius 2 is 2.15 bits per heavy atom. The molecule has 1 saturated heterocycles. The van der Waals surface area contributed by atoms with Gasteiger partial charge in [0.2, 0.25) is 24.4 Å². The second kappa shape index (κ2) is 7.16. The van der Waals surface area contributed by atoms with Gasteiger partial charge in [0.25, 0.3) is 0 Å². The molecule has 1 amide bonds. The van der Waals surface area contributed by atoms with Crippen LogP contribution in [0.5, 0.6) is 11.5 Å². The molecule has 0 aliphatic carbocycles. The van der Waals surface area contributed by atoms with E-state index in [0.717, 1.165) is 12.0 Å². The van der Waals surface area contributed by atoms with Gasteiger partial charge in [0, 0.05) is 11.6 Å². The number of ether oxygens (including phenoxy) is 2. The van der Waals surface area contributed by atoms with Gasteiger partial charge in [-0.25, -0.2) is 0 Å². The van der Waals surface area contributed by atoms with Gasteiger partial charge in [-0.15, -0.1) is 11.8 Å². The highest BCUT2D eigenvalue weighted by molar-refractivity contribution is 7.99. The number of aromatic nitrogens is 2. The maximum absolute atomic E-state index is 12.1. The minimum Gasteiger partial charge on any atom is -0.454 e. The van der Waals surface area contributed by atoms with Crippen LogP contribution in [0.15, 0.2) is 22.7 Å². The van der Waals surface area contributed by atoms with Crippen LogP contribution in [-0.2, 0) is 10.5 Å². The molecule has 0 radical (unpaired) electrons. The van der Waals surface area contributed by atoms with Gasteiger partial charge in [-0.1, -0.05) is 12.1 Å². The first kappa shape index (κ1) is 17.2. The number of hydrogen-bond acceptors (Lipinski definition) is 8. The summed E-state index contributed by atoms with van der Waals surface area (Å²) >= 11 is 1.52. The van der Waals surface area contributed by atoms with Gasteiger partial charge < -0.3 is 19.3 Å². The van der Waals surface area contributed by atoms with Gasteiger partial charge >= 0.3 is 0 Å². The Morgan fingerprint density at radius 3 is 2.96 bits per heavy atom. The Balaban J connectivity index is 1.38. The monoisotopic (exact) mass is 376 g/mol. The van der Waals surface area contributed by atoms with E-state index >= 15 is 0 Å². The number of carbonyl (C=O) groups excluding carboxylic acids is 1. The summed E-state index contributed by atoms with van der Waals surface area (Å²) in [5.41, 5.74) is 0.638. The fourth-order valence-electron chi connectivity index (χ4n) is 3.11. The van der Waals surface area contributed by atoms with E-state index in [1.54, 1.807) is 0 Å². The zero-order chi connectivity index (χ0) is 18.1. The lowest BCUT2D eigenvalue weighted by atomic mass is 9.96. The molecule has 3 unspecified atom stereocenters. The minimum atomic E-state index is -0.166. The lowest BCUT2D eigenvalue weighted by Gasteiger charge is -2.34. The molecule has 138 valence electrons.